The van der Waals surface area contributed by atoms with Gasteiger partial charge in [0.25, 0.3) is 5.91 Å². The number of hydrogen-bond acceptors (Lipinski definition) is 9. The van der Waals surface area contributed by atoms with Crippen LogP contribution in [0.5, 0.6) is 11.5 Å². The predicted molar refractivity (Wildman–Crippen MR) is 110 cm³/mol. The molecule has 0 bridgehead atoms. The Morgan fingerprint density at radius 2 is 1.47 bits per heavy atom. The molecular weight excluding hydrogens is 446 g/mol. The first-order chi connectivity index (χ1) is 15.3. The second-order valence-electron chi connectivity index (χ2n) is 6.39. The topological polar surface area (TPSA) is 126 Å². The van der Waals surface area contributed by atoms with E-state index in [4.69, 9.17) is 25.8 Å². The summed E-state index contributed by atoms with van der Waals surface area (Å²) >= 11 is 6.10. The number of nitrogens with one attached hydrogen (secondary N) is 1. The first kappa shape index (κ1) is 22.9. The van der Waals surface area contributed by atoms with Crippen LogP contribution in [0.4, 0.5) is 5.69 Å². The van der Waals surface area contributed by atoms with Gasteiger partial charge in [0.15, 0.2) is 18.1 Å². The Morgan fingerprint density at radius 1 is 0.875 bits per heavy atom. The molecule has 0 unspecified atom stereocenters. The Hall–Kier alpha value is -3.79. The van der Waals surface area contributed by atoms with Crippen molar-refractivity contribution in [2.45, 2.75) is 0 Å². The Balaban J connectivity index is 1.68. The molecule has 2 aromatic rings. The maximum Gasteiger partial charge on any atom is 0.338 e. The molecule has 1 aliphatic heterocycles. The summed E-state index contributed by atoms with van der Waals surface area (Å²) in [6.07, 6.45) is 0. The molecule has 0 fully saturated rings. The number of fused-ring (bicyclic) bond motifs is 1. The quantitative estimate of drug-likeness (QED) is 0.507. The van der Waals surface area contributed by atoms with Crippen molar-refractivity contribution in [1.82, 2.24) is 0 Å². The van der Waals surface area contributed by atoms with Crippen molar-refractivity contribution in [1.29, 1.82) is 0 Å². The van der Waals surface area contributed by atoms with Gasteiger partial charge in [0.1, 0.15) is 13.2 Å². The predicted octanol–water partition coefficient (Wildman–Crippen LogP) is 2.48. The maximum absolute atomic E-state index is 12.3. The minimum Gasteiger partial charge on any atom is -0.486 e. The zero-order valence-corrected chi connectivity index (χ0v) is 17.8. The number of amides is 1. The summed E-state index contributed by atoms with van der Waals surface area (Å²) < 4.78 is 25.1. The van der Waals surface area contributed by atoms with Crippen LogP contribution in [0.1, 0.15) is 31.1 Å². The molecule has 1 amide bonds. The van der Waals surface area contributed by atoms with Gasteiger partial charge in [-0.05, 0) is 30.3 Å². The van der Waals surface area contributed by atoms with Gasteiger partial charge in [-0.1, -0.05) is 11.6 Å². The summed E-state index contributed by atoms with van der Waals surface area (Å²) in [7, 11) is 2.35. The van der Waals surface area contributed by atoms with Crippen molar-refractivity contribution in [2.24, 2.45) is 0 Å². The Bertz CT molecular complexity index is 1050. The fourth-order valence-corrected chi connectivity index (χ4v) is 3.08. The molecule has 11 heteroatoms. The van der Waals surface area contributed by atoms with Crippen LogP contribution in [0.2, 0.25) is 5.02 Å². The number of rotatable bonds is 6. The van der Waals surface area contributed by atoms with Gasteiger partial charge < -0.3 is 29.0 Å². The Kier molecular flexibility index (Phi) is 7.16. The van der Waals surface area contributed by atoms with Crippen molar-refractivity contribution < 1.29 is 42.9 Å². The molecule has 10 nitrogen and oxygen atoms in total. The molecule has 2 aromatic carbocycles. The normalized spacial score (nSPS) is 11.8. The van der Waals surface area contributed by atoms with Gasteiger partial charge in [0.05, 0.1) is 35.9 Å². The number of hydrogen-bond donors (Lipinski definition) is 1. The van der Waals surface area contributed by atoms with E-state index in [-0.39, 0.29) is 27.4 Å². The molecule has 0 saturated heterocycles. The monoisotopic (exact) mass is 463 g/mol. The van der Waals surface area contributed by atoms with Crippen molar-refractivity contribution in [3.05, 3.63) is 52.0 Å². The van der Waals surface area contributed by atoms with Gasteiger partial charge in [-0.25, -0.2) is 14.4 Å². The number of halogens is 1. The maximum atomic E-state index is 12.3. The van der Waals surface area contributed by atoms with Gasteiger partial charge in [0, 0.05) is 5.69 Å². The molecule has 32 heavy (non-hydrogen) atoms. The van der Waals surface area contributed by atoms with Crippen LogP contribution in [-0.4, -0.2) is 57.9 Å². The average Bonchev–Trinajstić information content (AvgIpc) is 2.81. The zero-order chi connectivity index (χ0) is 23.3. The molecule has 0 saturated carbocycles. The highest BCUT2D eigenvalue weighted by Crippen LogP contribution is 2.38. The lowest BCUT2D eigenvalue weighted by atomic mass is 10.1. The first-order valence-electron chi connectivity index (χ1n) is 9.20. The van der Waals surface area contributed by atoms with Crippen LogP contribution in [-0.2, 0) is 19.0 Å². The van der Waals surface area contributed by atoms with Gasteiger partial charge in [-0.3, -0.25) is 4.79 Å². The van der Waals surface area contributed by atoms with E-state index >= 15 is 0 Å². The zero-order valence-electron chi connectivity index (χ0n) is 17.1. The van der Waals surface area contributed by atoms with E-state index in [0.29, 0.717) is 24.7 Å². The largest absolute Gasteiger partial charge is 0.486 e. The van der Waals surface area contributed by atoms with Crippen LogP contribution < -0.4 is 14.8 Å². The van der Waals surface area contributed by atoms with Crippen LogP contribution in [0.25, 0.3) is 0 Å². The van der Waals surface area contributed by atoms with E-state index in [1.165, 1.54) is 44.6 Å². The Morgan fingerprint density at radius 3 is 2.09 bits per heavy atom. The fraction of sp³-hybridized carbons (Fsp3) is 0.238. The third-order valence-corrected chi connectivity index (χ3v) is 4.51. The van der Waals surface area contributed by atoms with E-state index < -0.39 is 30.4 Å². The highest BCUT2D eigenvalue weighted by Gasteiger charge is 2.21. The summed E-state index contributed by atoms with van der Waals surface area (Å²) in [5, 5.41) is 2.62. The number of benzene rings is 2. The van der Waals surface area contributed by atoms with E-state index in [1.807, 2.05) is 0 Å². The van der Waals surface area contributed by atoms with E-state index in [9.17, 15) is 19.2 Å². The second-order valence-corrected chi connectivity index (χ2v) is 6.80. The molecule has 1 aliphatic rings. The molecule has 0 spiro atoms. The van der Waals surface area contributed by atoms with Gasteiger partial charge >= 0.3 is 17.9 Å². The highest BCUT2D eigenvalue weighted by atomic mass is 35.5. The lowest BCUT2D eigenvalue weighted by Crippen LogP contribution is -2.22. The molecule has 0 aromatic heterocycles. The summed E-state index contributed by atoms with van der Waals surface area (Å²) in [4.78, 5) is 48.2. The van der Waals surface area contributed by atoms with Crippen molar-refractivity contribution in [3.63, 3.8) is 0 Å². The van der Waals surface area contributed by atoms with Crippen LogP contribution in [0.15, 0.2) is 30.3 Å². The minimum atomic E-state index is -0.808. The van der Waals surface area contributed by atoms with E-state index in [1.54, 1.807) is 0 Å². The molecule has 0 radical (unpaired) electrons. The lowest BCUT2D eigenvalue weighted by molar-refractivity contribution is -0.119. The number of ether oxygens (including phenoxy) is 5. The molecule has 3 rings (SSSR count). The highest BCUT2D eigenvalue weighted by molar-refractivity contribution is 6.32. The Labute approximate surface area is 187 Å². The van der Waals surface area contributed by atoms with Crippen molar-refractivity contribution in [3.8, 4) is 11.5 Å². The standard InChI is InChI=1S/C21H18ClNO9/c1-28-19(25)11-5-12(20(26)29-2)7-14(6-11)23-17(24)10-32-21(27)13-8-15(22)18-16(9-13)30-3-4-31-18/h5-9H,3-4,10H2,1-2H3,(H,23,24). The van der Waals surface area contributed by atoms with Crippen LogP contribution in [0.3, 0.4) is 0 Å². The van der Waals surface area contributed by atoms with E-state index in [2.05, 4.69) is 14.8 Å². The number of esters is 3. The molecular formula is C21H18ClNO9. The van der Waals surface area contributed by atoms with Gasteiger partial charge in [0.2, 0.25) is 0 Å². The van der Waals surface area contributed by atoms with Crippen LogP contribution >= 0.6 is 11.6 Å². The van der Waals surface area contributed by atoms with Gasteiger partial charge in [-0.15, -0.1) is 0 Å². The molecule has 168 valence electrons. The first-order valence-corrected chi connectivity index (χ1v) is 9.58. The summed E-state index contributed by atoms with van der Waals surface area (Å²) in [5.41, 5.74) is 0.228. The summed E-state index contributed by atoms with van der Waals surface area (Å²) in [6, 6.07) is 6.62. The fourth-order valence-electron chi connectivity index (χ4n) is 2.81. The van der Waals surface area contributed by atoms with Crippen LogP contribution in [0, 0.1) is 0 Å². The lowest BCUT2D eigenvalue weighted by Gasteiger charge is -2.19. The number of carbonyl (C=O) groups is 4. The smallest absolute Gasteiger partial charge is 0.338 e. The molecule has 0 aliphatic carbocycles. The summed E-state index contributed by atoms with van der Waals surface area (Å²) in [5.74, 6) is -2.31. The van der Waals surface area contributed by atoms with Crippen molar-refractivity contribution >= 4 is 41.1 Å². The SMILES string of the molecule is COC(=O)c1cc(NC(=O)COC(=O)c2cc(Cl)c3c(c2)OCCO3)cc(C(=O)OC)c1. The van der Waals surface area contributed by atoms with Crippen molar-refractivity contribution in [2.75, 3.05) is 39.4 Å². The number of carbonyl (C=O) groups excluding carboxylic acids is 4. The molecule has 1 N–H and O–H groups in total. The third-order valence-electron chi connectivity index (χ3n) is 4.23. The van der Waals surface area contributed by atoms with Gasteiger partial charge in [-0.2, -0.15) is 0 Å². The molecule has 1 heterocycles. The minimum absolute atomic E-state index is 0.0219. The second kappa shape index (κ2) is 10.0. The number of anilines is 1. The third kappa shape index (κ3) is 5.27. The average molecular weight is 464 g/mol. The number of methoxy groups -OCH3 is 2. The summed E-state index contributed by atoms with van der Waals surface area (Å²) in [6.45, 7) is 0.00882. The van der Waals surface area contributed by atoms with E-state index in [0.717, 1.165) is 0 Å². The molecule has 0 atom stereocenters.